The number of hydrogen-bond donors (Lipinski definition) is 2. The zero-order chi connectivity index (χ0) is 10.1. The molecule has 0 bridgehead atoms. The molecular weight excluding hydrogens is 198 g/mol. The first-order valence-corrected chi connectivity index (χ1v) is 4.64. The molecule has 82 valence electrons. The second-order valence-corrected chi connectivity index (χ2v) is 3.19. The first-order valence-electron chi connectivity index (χ1n) is 4.64. The molecule has 0 unspecified atom stereocenters. The van der Waals surface area contributed by atoms with Gasteiger partial charge in [0.05, 0.1) is 14.1 Å². The van der Waals surface area contributed by atoms with Crippen molar-refractivity contribution in [3.63, 3.8) is 0 Å². The monoisotopic (exact) mass is 217 g/mol. The Bertz CT molecular complexity index is 202. The van der Waals surface area contributed by atoms with Crippen molar-refractivity contribution in [2.45, 2.75) is 13.5 Å². The molecule has 0 fully saturated rings. The van der Waals surface area contributed by atoms with E-state index in [9.17, 15) is 0 Å². The number of aliphatic hydroxyl groups excluding tert-OH is 1. The summed E-state index contributed by atoms with van der Waals surface area (Å²) in [6.45, 7) is 3.04. The van der Waals surface area contributed by atoms with Gasteiger partial charge in [-0.05, 0) is 6.92 Å². The van der Waals surface area contributed by atoms with Gasteiger partial charge < -0.3 is 22.4 Å². The van der Waals surface area contributed by atoms with E-state index in [2.05, 4.69) is 44.4 Å². The fourth-order valence-corrected chi connectivity index (χ4v) is 1.00. The predicted molar refractivity (Wildman–Crippen MR) is 55.7 cm³/mol. The van der Waals surface area contributed by atoms with E-state index in [-0.39, 0.29) is 19.0 Å². The molecule has 0 heterocycles. The van der Waals surface area contributed by atoms with Crippen LogP contribution < -0.4 is 17.3 Å². The normalized spacial score (nSPS) is 8.64. The molecule has 0 saturated carbocycles. The number of halogens is 1. The lowest BCUT2D eigenvalue weighted by atomic mass is 10.2. The van der Waals surface area contributed by atoms with Crippen LogP contribution in [0.2, 0.25) is 0 Å². The Balaban J connectivity index is 0. The summed E-state index contributed by atoms with van der Waals surface area (Å²) in [5, 5.41) is 7.57. The van der Waals surface area contributed by atoms with Crippen LogP contribution in [0.1, 0.15) is 12.5 Å². The largest absolute Gasteiger partial charge is 1.00 e. The van der Waals surface area contributed by atoms with Gasteiger partial charge in [-0.1, -0.05) is 30.3 Å². The summed E-state index contributed by atoms with van der Waals surface area (Å²) in [4.78, 5) is 1.46. The SMILES string of the molecule is CCO.C[NH+](C)Cc1ccccc1.[Cl-]. The van der Waals surface area contributed by atoms with Gasteiger partial charge >= 0.3 is 0 Å². The van der Waals surface area contributed by atoms with Crippen molar-refractivity contribution in [1.29, 1.82) is 0 Å². The fraction of sp³-hybridized carbons (Fsp3) is 0.455. The second-order valence-electron chi connectivity index (χ2n) is 3.19. The molecule has 1 rings (SSSR count). The molecule has 14 heavy (non-hydrogen) atoms. The molecule has 0 spiro atoms. The van der Waals surface area contributed by atoms with E-state index in [0.717, 1.165) is 6.54 Å². The molecule has 0 aromatic heterocycles. The first kappa shape index (κ1) is 15.9. The van der Waals surface area contributed by atoms with Gasteiger partial charge in [0.25, 0.3) is 0 Å². The smallest absolute Gasteiger partial charge is 0.102 e. The standard InChI is InChI=1S/C9H13N.C2H6O.ClH/c1-10(2)8-9-6-4-3-5-7-9;1-2-3;/h3-7H,8H2,1-2H3;3H,2H2,1H3;1H. The summed E-state index contributed by atoms with van der Waals surface area (Å²) in [6.07, 6.45) is 0. The van der Waals surface area contributed by atoms with E-state index in [1.54, 1.807) is 6.92 Å². The molecule has 1 aromatic carbocycles. The predicted octanol–water partition coefficient (Wildman–Crippen LogP) is -2.67. The molecular formula is C11H20ClNO. The van der Waals surface area contributed by atoms with E-state index < -0.39 is 0 Å². The number of aliphatic hydroxyl groups is 1. The molecule has 0 aliphatic rings. The van der Waals surface area contributed by atoms with E-state index in [1.807, 2.05) is 0 Å². The minimum atomic E-state index is 0. The molecule has 2 N–H and O–H groups in total. The van der Waals surface area contributed by atoms with Crippen LogP contribution in [0, 0.1) is 0 Å². The maximum atomic E-state index is 7.57. The average Bonchev–Trinajstić information content (AvgIpc) is 2.06. The van der Waals surface area contributed by atoms with Gasteiger partial charge in [0.2, 0.25) is 0 Å². The third-order valence-electron chi connectivity index (χ3n) is 1.40. The van der Waals surface area contributed by atoms with Gasteiger partial charge in [-0.2, -0.15) is 0 Å². The third kappa shape index (κ3) is 9.52. The lowest BCUT2D eigenvalue weighted by molar-refractivity contribution is -0.872. The van der Waals surface area contributed by atoms with E-state index in [0.29, 0.717) is 0 Å². The summed E-state index contributed by atoms with van der Waals surface area (Å²) in [6, 6.07) is 10.5. The van der Waals surface area contributed by atoms with Crippen LogP contribution in [-0.2, 0) is 6.54 Å². The van der Waals surface area contributed by atoms with Crippen molar-refractivity contribution in [3.05, 3.63) is 35.9 Å². The molecule has 0 saturated heterocycles. The van der Waals surface area contributed by atoms with Crippen LogP contribution in [0.4, 0.5) is 0 Å². The average molecular weight is 218 g/mol. The molecule has 0 aliphatic heterocycles. The molecule has 2 nitrogen and oxygen atoms in total. The molecule has 0 atom stereocenters. The second kappa shape index (κ2) is 10.5. The van der Waals surface area contributed by atoms with Crippen LogP contribution in [-0.4, -0.2) is 25.8 Å². The van der Waals surface area contributed by atoms with Crippen LogP contribution >= 0.6 is 0 Å². The Labute approximate surface area is 93.0 Å². The minimum Gasteiger partial charge on any atom is -1.00 e. The lowest BCUT2D eigenvalue weighted by Gasteiger charge is -2.05. The van der Waals surface area contributed by atoms with Gasteiger partial charge in [0, 0.05) is 12.2 Å². The third-order valence-corrected chi connectivity index (χ3v) is 1.40. The van der Waals surface area contributed by atoms with Crippen LogP contribution in [0.5, 0.6) is 0 Å². The minimum absolute atomic E-state index is 0. The van der Waals surface area contributed by atoms with E-state index in [4.69, 9.17) is 5.11 Å². The first-order chi connectivity index (χ1) is 6.20. The summed E-state index contributed by atoms with van der Waals surface area (Å²) in [7, 11) is 4.32. The van der Waals surface area contributed by atoms with Crippen molar-refractivity contribution < 1.29 is 22.4 Å². The van der Waals surface area contributed by atoms with Gasteiger partial charge in [-0.15, -0.1) is 0 Å². The number of quaternary nitrogens is 1. The lowest BCUT2D eigenvalue weighted by Crippen LogP contribution is -3.04. The number of rotatable bonds is 2. The van der Waals surface area contributed by atoms with E-state index in [1.165, 1.54) is 10.5 Å². The molecule has 0 radical (unpaired) electrons. The van der Waals surface area contributed by atoms with Crippen LogP contribution in [0.15, 0.2) is 30.3 Å². The Morgan fingerprint density at radius 3 is 1.93 bits per heavy atom. The topological polar surface area (TPSA) is 24.7 Å². The van der Waals surface area contributed by atoms with Gasteiger partial charge in [0.15, 0.2) is 0 Å². The van der Waals surface area contributed by atoms with Crippen molar-refractivity contribution in [3.8, 4) is 0 Å². The van der Waals surface area contributed by atoms with Crippen molar-refractivity contribution in [2.24, 2.45) is 0 Å². The highest BCUT2D eigenvalue weighted by molar-refractivity contribution is 5.12. The summed E-state index contributed by atoms with van der Waals surface area (Å²) in [5.74, 6) is 0. The highest BCUT2D eigenvalue weighted by Crippen LogP contribution is 1.94. The Morgan fingerprint density at radius 2 is 1.57 bits per heavy atom. The Morgan fingerprint density at radius 1 is 1.14 bits per heavy atom. The van der Waals surface area contributed by atoms with Gasteiger partial charge in [-0.25, -0.2) is 0 Å². The Hall–Kier alpha value is -0.570. The van der Waals surface area contributed by atoms with Crippen molar-refractivity contribution >= 4 is 0 Å². The van der Waals surface area contributed by atoms with Gasteiger partial charge in [-0.3, -0.25) is 0 Å². The van der Waals surface area contributed by atoms with E-state index >= 15 is 0 Å². The summed E-state index contributed by atoms with van der Waals surface area (Å²) >= 11 is 0. The zero-order valence-electron chi connectivity index (χ0n) is 9.13. The molecule has 1 aromatic rings. The number of nitrogens with one attached hydrogen (secondary N) is 1. The number of hydrogen-bond acceptors (Lipinski definition) is 1. The molecule has 0 aliphatic carbocycles. The van der Waals surface area contributed by atoms with Crippen molar-refractivity contribution in [1.82, 2.24) is 0 Å². The van der Waals surface area contributed by atoms with Crippen molar-refractivity contribution in [2.75, 3.05) is 20.7 Å². The molecule has 3 heteroatoms. The fourth-order valence-electron chi connectivity index (χ4n) is 1.00. The molecule has 0 amide bonds. The summed E-state index contributed by atoms with van der Waals surface area (Å²) in [5.41, 5.74) is 1.41. The quantitative estimate of drug-likeness (QED) is 0.555. The summed E-state index contributed by atoms with van der Waals surface area (Å²) < 4.78 is 0. The van der Waals surface area contributed by atoms with Gasteiger partial charge in [0.1, 0.15) is 6.54 Å². The van der Waals surface area contributed by atoms with Crippen LogP contribution in [0.3, 0.4) is 0 Å². The Kier molecular flexibility index (Phi) is 11.9. The highest BCUT2D eigenvalue weighted by atomic mass is 35.5. The maximum absolute atomic E-state index is 7.57. The highest BCUT2D eigenvalue weighted by Gasteiger charge is 1.93. The number of benzene rings is 1. The maximum Gasteiger partial charge on any atom is 0.102 e. The zero-order valence-corrected chi connectivity index (χ0v) is 9.88. The van der Waals surface area contributed by atoms with Crippen LogP contribution in [0.25, 0.3) is 0 Å².